The van der Waals surface area contributed by atoms with Crippen LogP contribution in [0.1, 0.15) is 11.1 Å². The lowest BCUT2D eigenvalue weighted by Gasteiger charge is -2.35. The van der Waals surface area contributed by atoms with Gasteiger partial charge in [-0.05, 0) is 18.2 Å². The van der Waals surface area contributed by atoms with Crippen molar-refractivity contribution in [1.29, 1.82) is 5.26 Å². The second-order valence-corrected chi connectivity index (χ2v) is 9.51. The number of fused-ring (bicyclic) bond motifs is 5. The maximum Gasteiger partial charge on any atom is 0.252 e. The van der Waals surface area contributed by atoms with Gasteiger partial charge in [0.05, 0.1) is 11.3 Å². The molecule has 3 heterocycles. The Hall–Kier alpha value is -5.81. The fraction of sp³-hybridized carbons (Fsp3) is 0.0312. The summed E-state index contributed by atoms with van der Waals surface area (Å²) in [5, 5.41) is 22.0. The first kappa shape index (κ1) is 23.3. The Balaban J connectivity index is 1.58. The molecule has 0 saturated heterocycles. The minimum atomic E-state index is -1.87. The number of anilines is 2. The Labute approximate surface area is 227 Å². The number of phenolic OH excluding ortho intramolecular Hbond substituents is 1. The van der Waals surface area contributed by atoms with Gasteiger partial charge in [0.2, 0.25) is 5.88 Å². The number of carbonyl (C=O) groups is 1. The lowest BCUT2D eigenvalue weighted by molar-refractivity contribution is -0.120. The van der Waals surface area contributed by atoms with E-state index in [0.29, 0.717) is 28.3 Å². The molecule has 7 rings (SSSR count). The van der Waals surface area contributed by atoms with Crippen molar-refractivity contribution in [3.8, 4) is 28.9 Å². The molecule has 1 aromatic heterocycles. The van der Waals surface area contributed by atoms with Crippen molar-refractivity contribution in [3.05, 3.63) is 130 Å². The summed E-state index contributed by atoms with van der Waals surface area (Å²) in [6, 6.07) is 29.8. The number of benzene rings is 4. The average Bonchev–Trinajstić information content (AvgIpc) is 3.21. The van der Waals surface area contributed by atoms with Gasteiger partial charge in [-0.2, -0.15) is 5.26 Å². The Morgan fingerprint density at radius 3 is 2.30 bits per heavy atom. The lowest BCUT2D eigenvalue weighted by Crippen LogP contribution is -2.44. The van der Waals surface area contributed by atoms with Gasteiger partial charge in [0, 0.05) is 28.9 Å². The number of para-hydroxylation sites is 2. The standard InChI is InChI=1S/C32H19N3O5/c33-17-21-30(34)40-26-16-25-27(23(36)15-24(39-25)18-9-3-1-4-10-18)29(37)28(26)32(21)20-13-7-8-14-22(20)35(31(32)38)19-11-5-2-6-12-19/h1-16,37H,34H2. The van der Waals surface area contributed by atoms with E-state index in [2.05, 4.69) is 6.07 Å². The highest BCUT2D eigenvalue weighted by atomic mass is 16.5. The first-order valence-electron chi connectivity index (χ1n) is 12.4. The van der Waals surface area contributed by atoms with E-state index in [9.17, 15) is 20.0 Å². The number of nitrogens with zero attached hydrogens (tertiary/aromatic N) is 2. The second-order valence-electron chi connectivity index (χ2n) is 9.51. The van der Waals surface area contributed by atoms with Gasteiger partial charge < -0.3 is 20.0 Å². The number of phenols is 1. The molecule has 3 N–H and O–H groups in total. The number of ether oxygens (including phenoxy) is 1. The van der Waals surface area contributed by atoms with E-state index in [-0.39, 0.29) is 33.7 Å². The van der Waals surface area contributed by atoms with E-state index in [1.807, 2.05) is 24.3 Å². The summed E-state index contributed by atoms with van der Waals surface area (Å²) in [7, 11) is 0. The van der Waals surface area contributed by atoms with Gasteiger partial charge in [0.1, 0.15) is 45.3 Å². The Morgan fingerprint density at radius 1 is 0.900 bits per heavy atom. The van der Waals surface area contributed by atoms with Crippen molar-refractivity contribution in [2.24, 2.45) is 5.73 Å². The number of aromatic hydroxyl groups is 1. The van der Waals surface area contributed by atoms with E-state index in [1.165, 1.54) is 17.0 Å². The van der Waals surface area contributed by atoms with Crippen LogP contribution in [0.25, 0.3) is 22.3 Å². The zero-order valence-electron chi connectivity index (χ0n) is 20.8. The molecule has 1 amide bonds. The Bertz CT molecular complexity index is 2010. The summed E-state index contributed by atoms with van der Waals surface area (Å²) in [4.78, 5) is 29.6. The van der Waals surface area contributed by atoms with E-state index in [4.69, 9.17) is 14.9 Å². The highest BCUT2D eigenvalue weighted by Crippen LogP contribution is 2.59. The minimum absolute atomic E-state index is 0.00734. The van der Waals surface area contributed by atoms with Crippen LogP contribution >= 0.6 is 0 Å². The van der Waals surface area contributed by atoms with Crippen LogP contribution in [0.2, 0.25) is 0 Å². The third-order valence-corrected chi connectivity index (χ3v) is 7.43. The number of hydrogen-bond acceptors (Lipinski definition) is 7. The fourth-order valence-corrected chi connectivity index (χ4v) is 5.78. The van der Waals surface area contributed by atoms with Crippen LogP contribution in [0.3, 0.4) is 0 Å². The van der Waals surface area contributed by atoms with Crippen LogP contribution in [0.5, 0.6) is 11.5 Å². The monoisotopic (exact) mass is 525 g/mol. The van der Waals surface area contributed by atoms with Crippen LogP contribution in [-0.2, 0) is 10.2 Å². The zero-order valence-corrected chi connectivity index (χ0v) is 20.8. The molecule has 0 radical (unpaired) electrons. The summed E-state index contributed by atoms with van der Waals surface area (Å²) in [5.41, 5.74) is 5.89. The van der Waals surface area contributed by atoms with Crippen molar-refractivity contribution in [2.75, 3.05) is 4.90 Å². The van der Waals surface area contributed by atoms with Gasteiger partial charge >= 0.3 is 0 Å². The Kier molecular flexibility index (Phi) is 4.87. The molecule has 1 spiro atoms. The molecule has 5 aromatic rings. The van der Waals surface area contributed by atoms with E-state index in [0.717, 1.165) is 0 Å². The van der Waals surface area contributed by atoms with Gasteiger partial charge in [-0.15, -0.1) is 0 Å². The van der Waals surface area contributed by atoms with E-state index in [1.54, 1.807) is 60.7 Å². The van der Waals surface area contributed by atoms with Crippen molar-refractivity contribution in [2.45, 2.75) is 5.41 Å². The van der Waals surface area contributed by atoms with Gasteiger partial charge in [0.25, 0.3) is 5.91 Å². The molecular weight excluding hydrogens is 506 g/mol. The molecule has 0 fully saturated rings. The van der Waals surface area contributed by atoms with E-state index < -0.39 is 22.5 Å². The summed E-state index contributed by atoms with van der Waals surface area (Å²) in [6.07, 6.45) is 0. The third kappa shape index (κ3) is 2.94. The fourth-order valence-electron chi connectivity index (χ4n) is 5.78. The molecule has 0 aliphatic carbocycles. The largest absolute Gasteiger partial charge is 0.507 e. The highest BCUT2D eigenvalue weighted by Gasteiger charge is 2.61. The minimum Gasteiger partial charge on any atom is -0.507 e. The van der Waals surface area contributed by atoms with Gasteiger partial charge in [-0.1, -0.05) is 66.7 Å². The lowest BCUT2D eigenvalue weighted by atomic mass is 9.68. The molecule has 1 atom stereocenters. The normalized spacial score (nSPS) is 17.5. The summed E-state index contributed by atoms with van der Waals surface area (Å²) in [5.74, 6) is -1.04. The van der Waals surface area contributed by atoms with Gasteiger partial charge in [-0.3, -0.25) is 14.5 Å². The number of rotatable bonds is 2. The maximum absolute atomic E-state index is 14.6. The molecular formula is C32H19N3O5. The summed E-state index contributed by atoms with van der Waals surface area (Å²) in [6.45, 7) is 0. The third-order valence-electron chi connectivity index (χ3n) is 7.43. The van der Waals surface area contributed by atoms with E-state index >= 15 is 0 Å². The molecule has 40 heavy (non-hydrogen) atoms. The number of hydrogen-bond donors (Lipinski definition) is 2. The first-order chi connectivity index (χ1) is 19.5. The topological polar surface area (TPSA) is 130 Å². The number of nitrogens with two attached hydrogens (primary N) is 1. The molecule has 2 aliphatic heterocycles. The predicted molar refractivity (Wildman–Crippen MR) is 148 cm³/mol. The SMILES string of the molecule is N#CC1=C(N)Oc2cc3oc(-c4ccccc4)cc(=O)c3c(O)c2C12C(=O)N(c1ccccc1)c1ccccc12. The molecule has 8 heteroatoms. The Morgan fingerprint density at radius 2 is 1.57 bits per heavy atom. The summed E-state index contributed by atoms with van der Waals surface area (Å²) < 4.78 is 11.9. The van der Waals surface area contributed by atoms with Crippen LogP contribution in [0, 0.1) is 11.3 Å². The van der Waals surface area contributed by atoms with Crippen molar-refractivity contribution in [1.82, 2.24) is 0 Å². The van der Waals surface area contributed by atoms with Crippen molar-refractivity contribution >= 4 is 28.3 Å². The second kappa shape index (κ2) is 8.35. The molecule has 4 aromatic carbocycles. The van der Waals surface area contributed by atoms with Gasteiger partial charge in [0.15, 0.2) is 5.43 Å². The number of carbonyl (C=O) groups excluding carboxylic acids is 1. The summed E-state index contributed by atoms with van der Waals surface area (Å²) >= 11 is 0. The molecule has 2 aliphatic rings. The highest BCUT2D eigenvalue weighted by molar-refractivity contribution is 6.19. The van der Waals surface area contributed by atoms with Crippen LogP contribution in [0.4, 0.5) is 11.4 Å². The van der Waals surface area contributed by atoms with Crippen LogP contribution in [0.15, 0.2) is 118 Å². The van der Waals surface area contributed by atoms with Crippen LogP contribution < -0.4 is 20.8 Å². The number of nitriles is 1. The molecule has 8 nitrogen and oxygen atoms in total. The molecule has 0 bridgehead atoms. The van der Waals surface area contributed by atoms with Crippen molar-refractivity contribution < 1.29 is 19.1 Å². The van der Waals surface area contributed by atoms with Crippen LogP contribution in [-0.4, -0.2) is 11.0 Å². The van der Waals surface area contributed by atoms with Gasteiger partial charge in [-0.25, -0.2) is 0 Å². The maximum atomic E-state index is 14.6. The molecule has 1 unspecified atom stereocenters. The molecule has 0 saturated carbocycles. The average molecular weight is 526 g/mol. The smallest absolute Gasteiger partial charge is 0.252 e. The number of amides is 1. The predicted octanol–water partition coefficient (Wildman–Crippen LogP) is 5.22. The zero-order chi connectivity index (χ0) is 27.6. The van der Waals surface area contributed by atoms with Crippen molar-refractivity contribution in [3.63, 3.8) is 0 Å². The quantitative estimate of drug-likeness (QED) is 0.323. The first-order valence-corrected chi connectivity index (χ1v) is 12.4. The molecule has 192 valence electrons.